The van der Waals surface area contributed by atoms with E-state index < -0.39 is 0 Å². The molecule has 1 nitrogen and oxygen atoms in total. The molecular weight excluding hydrogens is 208 g/mol. The fourth-order valence-electron chi connectivity index (χ4n) is 3.76. The smallest absolute Gasteiger partial charge is 0.0748 e. The lowest BCUT2D eigenvalue weighted by Crippen LogP contribution is -2.43. The summed E-state index contributed by atoms with van der Waals surface area (Å²) in [7, 11) is 0. The normalized spacial score (nSPS) is 37.5. The van der Waals surface area contributed by atoms with Crippen molar-refractivity contribution >= 4 is 0 Å². The molecule has 1 spiro atoms. The molecule has 0 amide bonds. The van der Waals surface area contributed by atoms with E-state index in [1.54, 1.807) is 0 Å². The van der Waals surface area contributed by atoms with E-state index >= 15 is 0 Å². The topological polar surface area (TPSA) is 9.23 Å². The van der Waals surface area contributed by atoms with E-state index in [9.17, 15) is 0 Å². The number of rotatable bonds is 5. The van der Waals surface area contributed by atoms with Gasteiger partial charge in [-0.2, -0.15) is 0 Å². The Balaban J connectivity index is 1.89. The molecule has 0 aromatic rings. The first-order valence-corrected chi connectivity index (χ1v) is 7.61. The molecule has 1 aliphatic heterocycles. The first-order chi connectivity index (χ1) is 8.30. The van der Waals surface area contributed by atoms with Crippen LogP contribution < -0.4 is 0 Å². The third kappa shape index (κ3) is 2.93. The largest absolute Gasteiger partial charge is 0.371 e. The maximum Gasteiger partial charge on any atom is 0.0748 e. The van der Waals surface area contributed by atoms with Gasteiger partial charge in [0.25, 0.3) is 0 Å². The molecule has 0 aromatic heterocycles. The van der Waals surface area contributed by atoms with Gasteiger partial charge in [-0.3, -0.25) is 0 Å². The zero-order valence-electron chi connectivity index (χ0n) is 11.4. The van der Waals surface area contributed by atoms with Gasteiger partial charge in [0.1, 0.15) is 0 Å². The van der Waals surface area contributed by atoms with Crippen LogP contribution in [0, 0.1) is 5.92 Å². The molecule has 3 atom stereocenters. The van der Waals surface area contributed by atoms with Crippen LogP contribution in [-0.4, -0.2) is 11.7 Å². The molecule has 0 radical (unpaired) electrons. The number of hydrogen-bond donors (Lipinski definition) is 0. The van der Waals surface area contributed by atoms with Crippen molar-refractivity contribution in [2.45, 2.75) is 82.8 Å². The maximum absolute atomic E-state index is 6.51. The molecule has 1 heteroatoms. The lowest BCUT2D eigenvalue weighted by molar-refractivity contribution is -0.142. The second-order valence-electron chi connectivity index (χ2n) is 5.93. The van der Waals surface area contributed by atoms with Gasteiger partial charge >= 0.3 is 0 Å². The fourth-order valence-corrected chi connectivity index (χ4v) is 3.76. The van der Waals surface area contributed by atoms with Crippen LogP contribution in [0.15, 0.2) is 12.7 Å². The predicted molar refractivity (Wildman–Crippen MR) is 73.1 cm³/mol. The van der Waals surface area contributed by atoms with Crippen LogP contribution in [0.5, 0.6) is 0 Å². The average molecular weight is 236 g/mol. The van der Waals surface area contributed by atoms with Gasteiger partial charge in [0.2, 0.25) is 0 Å². The summed E-state index contributed by atoms with van der Waals surface area (Å²) >= 11 is 0. The first kappa shape index (κ1) is 13.1. The van der Waals surface area contributed by atoms with E-state index in [4.69, 9.17) is 4.74 Å². The highest BCUT2D eigenvalue weighted by Crippen LogP contribution is 2.47. The molecule has 2 fully saturated rings. The van der Waals surface area contributed by atoms with Crippen LogP contribution in [0.2, 0.25) is 0 Å². The second kappa shape index (κ2) is 6.04. The van der Waals surface area contributed by atoms with Gasteiger partial charge in [0.15, 0.2) is 0 Å². The summed E-state index contributed by atoms with van der Waals surface area (Å²) in [5.74, 6) is 0.622. The van der Waals surface area contributed by atoms with Gasteiger partial charge in [-0.1, -0.05) is 32.3 Å². The van der Waals surface area contributed by atoms with Crippen molar-refractivity contribution in [3.63, 3.8) is 0 Å². The molecule has 1 saturated heterocycles. The standard InChI is InChI=1S/C16H28O/c1-3-5-6-10-15-11-8-13-16(17-15)12-7-9-14(16)4-2/h4,14-15H,2-3,5-13H2,1H3/t14-,15+,16-/m1/s1. The van der Waals surface area contributed by atoms with Gasteiger partial charge in [0, 0.05) is 5.92 Å². The Bertz CT molecular complexity index is 248. The van der Waals surface area contributed by atoms with E-state index in [2.05, 4.69) is 19.6 Å². The van der Waals surface area contributed by atoms with Crippen molar-refractivity contribution in [2.75, 3.05) is 0 Å². The molecule has 0 N–H and O–H groups in total. The SMILES string of the molecule is C=C[C@@H]1CCC[C@@]12CCC[C@H](CCCCC)O2. The van der Waals surface area contributed by atoms with Gasteiger partial charge in [-0.05, 0) is 44.9 Å². The minimum atomic E-state index is 0.191. The third-order valence-electron chi connectivity index (χ3n) is 4.73. The molecule has 98 valence electrons. The van der Waals surface area contributed by atoms with Crippen molar-refractivity contribution in [3.8, 4) is 0 Å². The highest BCUT2D eigenvalue weighted by atomic mass is 16.5. The van der Waals surface area contributed by atoms with E-state index in [0.717, 1.165) is 0 Å². The Labute approximate surface area is 107 Å². The van der Waals surface area contributed by atoms with Gasteiger partial charge in [0.05, 0.1) is 11.7 Å². The summed E-state index contributed by atoms with van der Waals surface area (Å²) in [5.41, 5.74) is 0.191. The van der Waals surface area contributed by atoms with Crippen molar-refractivity contribution in [1.29, 1.82) is 0 Å². The molecule has 0 bridgehead atoms. The Kier molecular flexibility index (Phi) is 4.67. The van der Waals surface area contributed by atoms with Gasteiger partial charge < -0.3 is 4.74 Å². The highest BCUT2D eigenvalue weighted by Gasteiger charge is 2.45. The minimum Gasteiger partial charge on any atom is -0.371 e. The number of hydrogen-bond acceptors (Lipinski definition) is 1. The lowest BCUT2D eigenvalue weighted by Gasteiger charge is -2.42. The summed E-state index contributed by atoms with van der Waals surface area (Å²) in [6, 6.07) is 0. The second-order valence-corrected chi connectivity index (χ2v) is 5.93. The van der Waals surface area contributed by atoms with Crippen molar-refractivity contribution in [3.05, 3.63) is 12.7 Å². The van der Waals surface area contributed by atoms with Crippen LogP contribution in [0.3, 0.4) is 0 Å². The van der Waals surface area contributed by atoms with Crippen molar-refractivity contribution in [2.24, 2.45) is 5.92 Å². The molecule has 0 aromatic carbocycles. The Hall–Kier alpha value is -0.300. The Morgan fingerprint density at radius 1 is 1.24 bits per heavy atom. The summed E-state index contributed by atoms with van der Waals surface area (Å²) in [6.07, 6.45) is 15.8. The predicted octanol–water partition coefficient (Wildman–Crippen LogP) is 4.86. The molecule has 2 rings (SSSR count). The van der Waals surface area contributed by atoms with E-state index in [1.165, 1.54) is 64.2 Å². The zero-order chi connectivity index (χ0) is 12.1. The minimum absolute atomic E-state index is 0.191. The molecular formula is C16H28O. The maximum atomic E-state index is 6.51. The third-order valence-corrected chi connectivity index (χ3v) is 4.73. The first-order valence-electron chi connectivity index (χ1n) is 7.61. The van der Waals surface area contributed by atoms with Crippen LogP contribution >= 0.6 is 0 Å². The number of ether oxygens (including phenoxy) is 1. The van der Waals surface area contributed by atoms with E-state index in [1.807, 2.05) is 0 Å². The molecule has 2 aliphatic rings. The Morgan fingerprint density at radius 3 is 2.71 bits per heavy atom. The molecule has 1 aliphatic carbocycles. The van der Waals surface area contributed by atoms with E-state index in [-0.39, 0.29) is 5.60 Å². The highest BCUT2D eigenvalue weighted by molar-refractivity contribution is 5.03. The number of unbranched alkanes of at least 4 members (excludes halogenated alkanes) is 2. The summed E-state index contributed by atoms with van der Waals surface area (Å²) < 4.78 is 6.51. The average Bonchev–Trinajstić information content (AvgIpc) is 2.72. The Morgan fingerprint density at radius 2 is 2.00 bits per heavy atom. The fraction of sp³-hybridized carbons (Fsp3) is 0.875. The van der Waals surface area contributed by atoms with E-state index in [0.29, 0.717) is 12.0 Å². The van der Waals surface area contributed by atoms with Crippen LogP contribution in [0.4, 0.5) is 0 Å². The van der Waals surface area contributed by atoms with Gasteiger partial charge in [-0.25, -0.2) is 0 Å². The molecule has 1 saturated carbocycles. The molecule has 17 heavy (non-hydrogen) atoms. The van der Waals surface area contributed by atoms with Crippen LogP contribution in [-0.2, 0) is 4.74 Å². The van der Waals surface area contributed by atoms with Crippen LogP contribution in [0.1, 0.15) is 71.1 Å². The monoisotopic (exact) mass is 236 g/mol. The summed E-state index contributed by atoms with van der Waals surface area (Å²) in [6.45, 7) is 6.28. The molecule has 0 unspecified atom stereocenters. The van der Waals surface area contributed by atoms with Gasteiger partial charge in [-0.15, -0.1) is 6.58 Å². The quantitative estimate of drug-likeness (QED) is 0.489. The lowest BCUT2D eigenvalue weighted by atomic mass is 9.82. The zero-order valence-corrected chi connectivity index (χ0v) is 11.4. The van der Waals surface area contributed by atoms with Crippen molar-refractivity contribution in [1.82, 2.24) is 0 Å². The molecule has 1 heterocycles. The van der Waals surface area contributed by atoms with Crippen molar-refractivity contribution < 1.29 is 4.74 Å². The summed E-state index contributed by atoms with van der Waals surface area (Å²) in [5, 5.41) is 0. The summed E-state index contributed by atoms with van der Waals surface area (Å²) in [4.78, 5) is 0. The van der Waals surface area contributed by atoms with Crippen LogP contribution in [0.25, 0.3) is 0 Å².